The molecule has 0 aromatic rings. The van der Waals surface area contributed by atoms with Crippen LogP contribution >= 0.6 is 0 Å². The molecule has 9 heavy (non-hydrogen) atoms. The fourth-order valence-corrected chi connectivity index (χ4v) is 1.70. The van der Waals surface area contributed by atoms with Gasteiger partial charge in [-0.25, -0.2) is 0 Å². The average Bonchev–Trinajstić information content (AvgIpc) is 2.37. The van der Waals surface area contributed by atoms with Gasteiger partial charge in [0.25, 0.3) is 0 Å². The van der Waals surface area contributed by atoms with E-state index in [4.69, 9.17) is 4.74 Å². The Morgan fingerprint density at radius 3 is 2.44 bits per heavy atom. The first-order valence-corrected chi connectivity index (χ1v) is 4.06. The first kappa shape index (κ1) is 7.47. The van der Waals surface area contributed by atoms with Gasteiger partial charge >= 0.3 is 63.9 Å². The van der Waals surface area contributed by atoms with E-state index in [1.165, 1.54) is 25.7 Å². The van der Waals surface area contributed by atoms with Crippen molar-refractivity contribution in [3.63, 3.8) is 0 Å². The molecular formula is C7H12CrO. The molecule has 0 heterocycles. The molecule has 0 radical (unpaired) electrons. The number of ether oxygens (including phenoxy) is 1. The first-order chi connectivity index (χ1) is 4.34. The van der Waals surface area contributed by atoms with E-state index in [0.717, 1.165) is 10.5 Å². The summed E-state index contributed by atoms with van der Waals surface area (Å²) >= 11 is 2.96. The fourth-order valence-electron chi connectivity index (χ4n) is 1.33. The third-order valence-electron chi connectivity index (χ3n) is 1.89. The third-order valence-corrected chi connectivity index (χ3v) is 2.67. The van der Waals surface area contributed by atoms with Crippen molar-refractivity contribution in [3.05, 3.63) is 0 Å². The Hall–Kier alpha value is 0.362. The van der Waals surface area contributed by atoms with Gasteiger partial charge in [0.2, 0.25) is 0 Å². The van der Waals surface area contributed by atoms with Gasteiger partial charge in [-0.1, -0.05) is 0 Å². The summed E-state index contributed by atoms with van der Waals surface area (Å²) in [6, 6.07) is 0. The minimum atomic E-state index is 0.718. The molecule has 1 aliphatic rings. The molecule has 52 valence electrons. The van der Waals surface area contributed by atoms with Gasteiger partial charge in [0, 0.05) is 0 Å². The van der Waals surface area contributed by atoms with Gasteiger partial charge in [-0.2, -0.15) is 0 Å². The van der Waals surface area contributed by atoms with Crippen LogP contribution in [0, 0.1) is 5.92 Å². The van der Waals surface area contributed by atoms with E-state index in [1.54, 1.807) is 7.11 Å². The molecule has 0 aromatic carbocycles. The summed E-state index contributed by atoms with van der Waals surface area (Å²) in [5.41, 5.74) is 0. The molecule has 1 fully saturated rings. The zero-order valence-corrected chi connectivity index (χ0v) is 7.00. The molecule has 0 spiro atoms. The van der Waals surface area contributed by atoms with Crippen molar-refractivity contribution in [1.29, 1.82) is 0 Å². The molecule has 1 nitrogen and oxygen atoms in total. The second-order valence-electron chi connectivity index (χ2n) is 2.50. The molecule has 0 bridgehead atoms. The molecule has 0 saturated heterocycles. The van der Waals surface area contributed by atoms with Crippen LogP contribution < -0.4 is 0 Å². The molecular weight excluding hydrogens is 152 g/mol. The molecule has 0 N–H and O–H groups in total. The van der Waals surface area contributed by atoms with Crippen LogP contribution in [0.2, 0.25) is 0 Å². The monoisotopic (exact) mass is 164 g/mol. The maximum atomic E-state index is 5.10. The fraction of sp³-hybridized carbons (Fsp3) is 0.857. The standard InChI is InChI=1S/C7H12O.Cr/c1-8-6-7-4-2-3-5-7;/h7H,2-5H2,1H3;. The summed E-state index contributed by atoms with van der Waals surface area (Å²) in [5, 5.41) is 0. The number of methoxy groups -OCH3 is 1. The Balaban J connectivity index is 2.32. The zero-order valence-electron chi connectivity index (χ0n) is 5.72. The third kappa shape index (κ3) is 1.90. The number of hydrogen-bond acceptors (Lipinski definition) is 1. The Morgan fingerprint density at radius 2 is 2.00 bits per heavy atom. The van der Waals surface area contributed by atoms with Gasteiger partial charge in [0.1, 0.15) is 0 Å². The van der Waals surface area contributed by atoms with Crippen molar-refractivity contribution in [1.82, 2.24) is 0 Å². The Kier molecular flexibility index (Phi) is 2.91. The van der Waals surface area contributed by atoms with E-state index in [1.807, 2.05) is 0 Å². The average molecular weight is 164 g/mol. The van der Waals surface area contributed by atoms with Crippen molar-refractivity contribution in [2.24, 2.45) is 5.92 Å². The Labute approximate surface area is 64.4 Å². The molecule has 2 heteroatoms. The van der Waals surface area contributed by atoms with Crippen LogP contribution in [0.5, 0.6) is 0 Å². The molecule has 0 aliphatic heterocycles. The first-order valence-electron chi connectivity index (χ1n) is 3.42. The molecule has 0 amide bonds. The van der Waals surface area contributed by atoms with E-state index in [2.05, 4.69) is 15.9 Å². The van der Waals surface area contributed by atoms with Crippen LogP contribution in [-0.4, -0.2) is 11.7 Å². The van der Waals surface area contributed by atoms with Gasteiger partial charge in [-0.15, -0.1) is 0 Å². The molecule has 1 aliphatic carbocycles. The van der Waals surface area contributed by atoms with Crippen molar-refractivity contribution < 1.29 is 20.6 Å². The van der Waals surface area contributed by atoms with Crippen LogP contribution in [0.25, 0.3) is 0 Å². The molecule has 0 atom stereocenters. The summed E-state index contributed by atoms with van der Waals surface area (Å²) in [6.07, 6.45) is 5.38. The van der Waals surface area contributed by atoms with Crippen LogP contribution in [0.3, 0.4) is 0 Å². The topological polar surface area (TPSA) is 9.23 Å². The molecule has 1 rings (SSSR count). The van der Waals surface area contributed by atoms with Gasteiger partial charge in [-0.3, -0.25) is 0 Å². The molecule has 0 unspecified atom stereocenters. The Morgan fingerprint density at radius 1 is 1.44 bits per heavy atom. The van der Waals surface area contributed by atoms with Crippen LogP contribution in [0.4, 0.5) is 0 Å². The maximum absolute atomic E-state index is 5.10. The zero-order chi connectivity index (χ0) is 6.69. The van der Waals surface area contributed by atoms with E-state index >= 15 is 0 Å². The second-order valence-corrected chi connectivity index (χ2v) is 3.13. The number of rotatable bonds is 2. The van der Waals surface area contributed by atoms with E-state index in [9.17, 15) is 0 Å². The minimum absolute atomic E-state index is 0.718. The predicted molar refractivity (Wildman–Crippen MR) is 34.0 cm³/mol. The molecule has 0 aromatic heterocycles. The summed E-state index contributed by atoms with van der Waals surface area (Å²) < 4.78 is 6.20. The second kappa shape index (κ2) is 3.51. The van der Waals surface area contributed by atoms with Crippen LogP contribution in [-0.2, 0) is 20.6 Å². The van der Waals surface area contributed by atoms with E-state index in [-0.39, 0.29) is 0 Å². The van der Waals surface area contributed by atoms with Crippen molar-refractivity contribution >= 4 is 4.57 Å². The predicted octanol–water partition coefficient (Wildman–Crippen LogP) is 1.50. The van der Waals surface area contributed by atoms with Crippen molar-refractivity contribution in [2.45, 2.75) is 25.7 Å². The van der Waals surface area contributed by atoms with E-state index < -0.39 is 0 Å². The summed E-state index contributed by atoms with van der Waals surface area (Å²) in [5.74, 6) is 0.718. The summed E-state index contributed by atoms with van der Waals surface area (Å²) in [7, 11) is 1.74. The van der Waals surface area contributed by atoms with Crippen molar-refractivity contribution in [2.75, 3.05) is 7.11 Å². The van der Waals surface area contributed by atoms with Crippen LogP contribution in [0.15, 0.2) is 0 Å². The van der Waals surface area contributed by atoms with Gasteiger partial charge in [0.15, 0.2) is 0 Å². The van der Waals surface area contributed by atoms with Crippen LogP contribution in [0.1, 0.15) is 25.7 Å². The number of hydrogen-bond donors (Lipinski definition) is 0. The van der Waals surface area contributed by atoms with Gasteiger partial charge in [-0.05, 0) is 0 Å². The van der Waals surface area contributed by atoms with Gasteiger partial charge < -0.3 is 0 Å². The van der Waals surface area contributed by atoms with E-state index in [0.29, 0.717) is 0 Å². The normalized spacial score (nSPS) is 20.6. The SMILES string of the molecule is CO[C](=[Cr])C1CCCC1. The van der Waals surface area contributed by atoms with Crippen molar-refractivity contribution in [3.8, 4) is 0 Å². The summed E-state index contributed by atoms with van der Waals surface area (Å²) in [6.45, 7) is 0. The Bertz CT molecular complexity index is 105. The quantitative estimate of drug-likeness (QED) is 0.601. The van der Waals surface area contributed by atoms with Gasteiger partial charge in [0.05, 0.1) is 0 Å². The molecule has 1 saturated carbocycles. The summed E-state index contributed by atoms with van der Waals surface area (Å²) in [4.78, 5) is 0.